The molecule has 3 aromatic rings. The molecule has 158 valence electrons. The molecule has 1 aliphatic rings. The van der Waals surface area contributed by atoms with Crippen LogP contribution in [0.1, 0.15) is 12.0 Å². The van der Waals surface area contributed by atoms with Gasteiger partial charge in [0, 0.05) is 36.7 Å². The molecule has 2 heterocycles. The van der Waals surface area contributed by atoms with Crippen molar-refractivity contribution in [2.75, 3.05) is 16.8 Å². The number of nitrogens with zero attached hydrogens (tertiary/aromatic N) is 2. The molecule has 1 unspecified atom stereocenters. The van der Waals surface area contributed by atoms with Crippen LogP contribution in [0.3, 0.4) is 0 Å². The van der Waals surface area contributed by atoms with Crippen molar-refractivity contribution in [1.29, 1.82) is 0 Å². The number of thiazole rings is 1. The van der Waals surface area contributed by atoms with Crippen molar-refractivity contribution in [2.24, 2.45) is 5.92 Å². The Bertz CT molecular complexity index is 1040. The maximum Gasteiger partial charge on any atom is 0.249 e. The Morgan fingerprint density at radius 2 is 1.81 bits per heavy atom. The van der Waals surface area contributed by atoms with E-state index in [-0.39, 0.29) is 24.1 Å². The highest BCUT2D eigenvalue weighted by Crippen LogP contribution is 2.25. The molecule has 1 saturated heterocycles. The Kier molecular flexibility index (Phi) is 6.37. The van der Waals surface area contributed by atoms with Crippen LogP contribution in [0.5, 0.6) is 0 Å². The fourth-order valence-corrected chi connectivity index (χ4v) is 4.10. The van der Waals surface area contributed by atoms with Gasteiger partial charge < -0.3 is 15.5 Å². The van der Waals surface area contributed by atoms with E-state index in [1.165, 1.54) is 11.3 Å². The molecule has 1 aliphatic heterocycles. The quantitative estimate of drug-likeness (QED) is 0.598. The van der Waals surface area contributed by atoms with Gasteiger partial charge in [-0.25, -0.2) is 4.98 Å². The largest absolute Gasteiger partial charge is 0.344 e. The minimum atomic E-state index is -0.778. The van der Waals surface area contributed by atoms with Gasteiger partial charge in [-0.15, -0.1) is 11.3 Å². The maximum absolute atomic E-state index is 13.0. The normalized spacial score (nSPS) is 16.7. The zero-order valence-corrected chi connectivity index (χ0v) is 17.5. The highest BCUT2D eigenvalue weighted by molar-refractivity contribution is 7.13. The van der Waals surface area contributed by atoms with Crippen molar-refractivity contribution in [3.8, 4) is 0 Å². The Balaban J connectivity index is 1.46. The molecule has 7 nitrogen and oxygen atoms in total. The SMILES string of the molecule is O=C(N[C@H](Cc1ccccc1)C(=O)Nc1nccs1)C1CC(=O)N(c2ccccc2)C1. The number of hydrogen-bond acceptors (Lipinski definition) is 5. The molecule has 1 fully saturated rings. The second-order valence-electron chi connectivity index (χ2n) is 7.32. The third kappa shape index (κ3) is 5.16. The smallest absolute Gasteiger partial charge is 0.249 e. The number of hydrogen-bond donors (Lipinski definition) is 2. The van der Waals surface area contributed by atoms with E-state index in [1.54, 1.807) is 16.5 Å². The van der Waals surface area contributed by atoms with Crippen LogP contribution in [0.15, 0.2) is 72.2 Å². The molecule has 1 aromatic heterocycles. The van der Waals surface area contributed by atoms with Crippen molar-refractivity contribution in [2.45, 2.75) is 18.9 Å². The topological polar surface area (TPSA) is 91.4 Å². The fourth-order valence-electron chi connectivity index (χ4n) is 3.57. The van der Waals surface area contributed by atoms with Crippen molar-refractivity contribution in [3.63, 3.8) is 0 Å². The minimum absolute atomic E-state index is 0.0989. The van der Waals surface area contributed by atoms with Gasteiger partial charge in [0.05, 0.1) is 5.92 Å². The molecule has 2 atom stereocenters. The summed E-state index contributed by atoms with van der Waals surface area (Å²) in [6, 6.07) is 18.0. The average molecular weight is 435 g/mol. The number of carbonyl (C=O) groups is 3. The van der Waals surface area contributed by atoms with Gasteiger partial charge in [-0.2, -0.15) is 0 Å². The molecule has 4 rings (SSSR count). The van der Waals surface area contributed by atoms with Gasteiger partial charge in [0.25, 0.3) is 0 Å². The number of carbonyl (C=O) groups excluding carboxylic acids is 3. The Morgan fingerprint density at radius 1 is 1.10 bits per heavy atom. The Morgan fingerprint density at radius 3 is 2.48 bits per heavy atom. The molecule has 8 heteroatoms. The fraction of sp³-hybridized carbons (Fsp3) is 0.217. The van der Waals surface area contributed by atoms with Gasteiger partial charge >= 0.3 is 0 Å². The highest BCUT2D eigenvalue weighted by atomic mass is 32.1. The second-order valence-corrected chi connectivity index (χ2v) is 8.21. The van der Waals surface area contributed by atoms with Crippen LogP contribution in [-0.2, 0) is 20.8 Å². The molecular formula is C23H22N4O3S. The summed E-state index contributed by atoms with van der Waals surface area (Å²) in [5, 5.41) is 7.86. The van der Waals surface area contributed by atoms with Gasteiger partial charge in [0.1, 0.15) is 6.04 Å². The van der Waals surface area contributed by atoms with E-state index in [0.29, 0.717) is 18.1 Å². The monoisotopic (exact) mass is 434 g/mol. The summed E-state index contributed by atoms with van der Waals surface area (Å²) in [6.07, 6.45) is 2.06. The number of rotatable bonds is 7. The molecule has 2 aromatic carbocycles. The van der Waals surface area contributed by atoms with E-state index in [0.717, 1.165) is 11.3 Å². The average Bonchev–Trinajstić information content (AvgIpc) is 3.44. The van der Waals surface area contributed by atoms with Crippen LogP contribution in [-0.4, -0.2) is 35.3 Å². The molecule has 0 spiro atoms. The van der Waals surface area contributed by atoms with Crippen LogP contribution < -0.4 is 15.5 Å². The molecular weight excluding hydrogens is 412 g/mol. The number of anilines is 2. The van der Waals surface area contributed by atoms with Crippen LogP contribution >= 0.6 is 11.3 Å². The Hall–Kier alpha value is -3.52. The van der Waals surface area contributed by atoms with Crippen LogP contribution in [0.25, 0.3) is 0 Å². The maximum atomic E-state index is 13.0. The molecule has 31 heavy (non-hydrogen) atoms. The molecule has 0 radical (unpaired) electrons. The molecule has 0 saturated carbocycles. The number of para-hydroxylation sites is 1. The lowest BCUT2D eigenvalue weighted by Gasteiger charge is -2.20. The summed E-state index contributed by atoms with van der Waals surface area (Å²) >= 11 is 1.31. The number of nitrogens with one attached hydrogen (secondary N) is 2. The van der Waals surface area contributed by atoms with Crippen molar-refractivity contribution in [3.05, 3.63) is 77.8 Å². The standard InChI is InChI=1S/C23H22N4O3S/c28-20-14-17(15-27(20)18-9-5-2-6-10-18)21(29)25-19(13-16-7-3-1-4-8-16)22(30)26-23-24-11-12-31-23/h1-12,17,19H,13-15H2,(H,25,29)(H,24,26,30)/t17?,19-/m1/s1. The zero-order valence-electron chi connectivity index (χ0n) is 16.7. The van der Waals surface area contributed by atoms with Gasteiger partial charge in [0.15, 0.2) is 5.13 Å². The van der Waals surface area contributed by atoms with Gasteiger partial charge in [-0.1, -0.05) is 48.5 Å². The summed E-state index contributed by atoms with van der Waals surface area (Å²) in [6.45, 7) is 0.292. The second kappa shape index (κ2) is 9.53. The van der Waals surface area contributed by atoms with Gasteiger partial charge in [-0.05, 0) is 17.7 Å². The molecule has 0 bridgehead atoms. The van der Waals surface area contributed by atoms with E-state index < -0.39 is 12.0 Å². The molecule has 2 N–H and O–H groups in total. The first kappa shape index (κ1) is 20.7. The van der Waals surface area contributed by atoms with Crippen LogP contribution in [0, 0.1) is 5.92 Å². The third-order valence-electron chi connectivity index (χ3n) is 5.14. The van der Waals surface area contributed by atoms with Crippen LogP contribution in [0.2, 0.25) is 0 Å². The predicted molar refractivity (Wildman–Crippen MR) is 120 cm³/mol. The van der Waals surface area contributed by atoms with Gasteiger partial charge in [-0.3, -0.25) is 14.4 Å². The van der Waals surface area contributed by atoms with E-state index in [1.807, 2.05) is 60.7 Å². The molecule has 3 amide bonds. The first-order valence-corrected chi connectivity index (χ1v) is 10.9. The van der Waals surface area contributed by atoms with Crippen molar-refractivity contribution in [1.82, 2.24) is 10.3 Å². The number of aromatic nitrogens is 1. The predicted octanol–water partition coefficient (Wildman–Crippen LogP) is 2.86. The number of amides is 3. The summed E-state index contributed by atoms with van der Waals surface area (Å²) in [5.74, 6) is -1.25. The van der Waals surface area contributed by atoms with Crippen molar-refractivity contribution >= 4 is 39.9 Å². The lowest BCUT2D eigenvalue weighted by Crippen LogP contribution is -2.47. The zero-order chi connectivity index (χ0) is 21.6. The van der Waals surface area contributed by atoms with E-state index in [2.05, 4.69) is 15.6 Å². The van der Waals surface area contributed by atoms with Crippen LogP contribution in [0.4, 0.5) is 10.8 Å². The van der Waals surface area contributed by atoms with E-state index in [9.17, 15) is 14.4 Å². The Labute approximate surface area is 184 Å². The first-order valence-electron chi connectivity index (χ1n) is 10.0. The molecule has 0 aliphatic carbocycles. The highest BCUT2D eigenvalue weighted by Gasteiger charge is 2.36. The summed E-state index contributed by atoms with van der Waals surface area (Å²) in [5.41, 5.74) is 1.70. The van der Waals surface area contributed by atoms with E-state index >= 15 is 0 Å². The van der Waals surface area contributed by atoms with E-state index in [4.69, 9.17) is 0 Å². The lowest BCUT2D eigenvalue weighted by molar-refractivity contribution is -0.129. The summed E-state index contributed by atoms with van der Waals surface area (Å²) < 4.78 is 0. The van der Waals surface area contributed by atoms with Crippen molar-refractivity contribution < 1.29 is 14.4 Å². The number of benzene rings is 2. The minimum Gasteiger partial charge on any atom is -0.344 e. The summed E-state index contributed by atoms with van der Waals surface area (Å²) in [7, 11) is 0. The summed E-state index contributed by atoms with van der Waals surface area (Å²) in [4.78, 5) is 44.0. The first-order chi connectivity index (χ1) is 15.1. The third-order valence-corrected chi connectivity index (χ3v) is 5.83. The lowest BCUT2D eigenvalue weighted by atomic mass is 10.0. The van der Waals surface area contributed by atoms with Gasteiger partial charge in [0.2, 0.25) is 17.7 Å².